The number of rotatable bonds is 3. The monoisotopic (exact) mass is 284 g/mol. The van der Waals surface area contributed by atoms with Crippen LogP contribution in [0.4, 0.5) is 5.69 Å². The minimum atomic E-state index is -0.193. The number of aliphatic hydroxyl groups is 1. The number of hydrogen-bond donors (Lipinski definition) is 2. The van der Waals surface area contributed by atoms with Crippen LogP contribution in [0, 0.1) is 0 Å². The van der Waals surface area contributed by atoms with E-state index in [4.69, 9.17) is 0 Å². The van der Waals surface area contributed by atoms with Crippen molar-refractivity contribution in [2.75, 3.05) is 5.32 Å². The third-order valence-corrected chi connectivity index (χ3v) is 3.82. The molecule has 1 amide bonds. The van der Waals surface area contributed by atoms with Crippen LogP contribution in [-0.4, -0.2) is 16.0 Å². The van der Waals surface area contributed by atoms with Gasteiger partial charge in [-0.15, -0.1) is 11.3 Å². The molecule has 0 fully saturated rings. The minimum Gasteiger partial charge on any atom is -0.392 e. The van der Waals surface area contributed by atoms with E-state index in [9.17, 15) is 9.90 Å². The molecule has 0 unspecified atom stereocenters. The highest BCUT2D eigenvalue weighted by Crippen LogP contribution is 2.21. The lowest BCUT2D eigenvalue weighted by Crippen LogP contribution is -2.13. The first kappa shape index (κ1) is 12.8. The Morgan fingerprint density at radius 2 is 2.10 bits per heavy atom. The van der Waals surface area contributed by atoms with Crippen molar-refractivity contribution in [3.05, 3.63) is 59.1 Å². The standard InChI is InChI=1S/C15H12N2O2S/c18-8-11-3-1-2-4-12(11)17-15(19)10-5-6-13-14(7-10)20-9-16-13/h1-7,9,18H,8H2,(H,17,19). The predicted molar refractivity (Wildman–Crippen MR) is 79.9 cm³/mol. The maximum absolute atomic E-state index is 12.2. The second-order valence-electron chi connectivity index (χ2n) is 4.30. The highest BCUT2D eigenvalue weighted by molar-refractivity contribution is 7.16. The summed E-state index contributed by atoms with van der Waals surface area (Å²) in [6.07, 6.45) is 0. The quantitative estimate of drug-likeness (QED) is 0.777. The van der Waals surface area contributed by atoms with Crippen molar-refractivity contribution in [2.45, 2.75) is 6.61 Å². The molecule has 1 aromatic heterocycles. The van der Waals surface area contributed by atoms with Crippen molar-refractivity contribution >= 4 is 33.1 Å². The zero-order chi connectivity index (χ0) is 13.9. The van der Waals surface area contributed by atoms with Gasteiger partial charge in [0.25, 0.3) is 5.91 Å². The first-order valence-electron chi connectivity index (χ1n) is 6.11. The Kier molecular flexibility index (Phi) is 3.45. The molecule has 5 heteroatoms. The van der Waals surface area contributed by atoms with Gasteiger partial charge in [0.05, 0.1) is 22.3 Å². The van der Waals surface area contributed by atoms with Crippen LogP contribution in [0.2, 0.25) is 0 Å². The molecule has 0 radical (unpaired) electrons. The summed E-state index contributed by atoms with van der Waals surface area (Å²) in [5.41, 5.74) is 4.55. The molecule has 0 spiro atoms. The summed E-state index contributed by atoms with van der Waals surface area (Å²) in [4.78, 5) is 16.4. The number of anilines is 1. The SMILES string of the molecule is O=C(Nc1ccccc1CO)c1ccc2ncsc2c1. The van der Waals surface area contributed by atoms with E-state index in [1.165, 1.54) is 11.3 Å². The van der Waals surface area contributed by atoms with Gasteiger partial charge in [0.15, 0.2) is 0 Å². The highest BCUT2D eigenvalue weighted by Gasteiger charge is 2.09. The van der Waals surface area contributed by atoms with Crippen molar-refractivity contribution < 1.29 is 9.90 Å². The van der Waals surface area contributed by atoms with Gasteiger partial charge in [-0.1, -0.05) is 18.2 Å². The predicted octanol–water partition coefficient (Wildman–Crippen LogP) is 3.04. The lowest BCUT2D eigenvalue weighted by Gasteiger charge is -2.09. The fourth-order valence-corrected chi connectivity index (χ4v) is 2.69. The molecular formula is C15H12N2O2S. The summed E-state index contributed by atoms with van der Waals surface area (Å²) in [6.45, 7) is -0.107. The molecule has 1 heterocycles. The van der Waals surface area contributed by atoms with E-state index in [0.29, 0.717) is 16.8 Å². The maximum atomic E-state index is 12.2. The lowest BCUT2D eigenvalue weighted by molar-refractivity contribution is 0.102. The van der Waals surface area contributed by atoms with Crippen LogP contribution < -0.4 is 5.32 Å². The number of carbonyl (C=O) groups is 1. The zero-order valence-corrected chi connectivity index (χ0v) is 11.4. The van der Waals surface area contributed by atoms with E-state index in [-0.39, 0.29) is 12.5 Å². The summed E-state index contributed by atoms with van der Waals surface area (Å²) in [6, 6.07) is 12.6. The number of benzene rings is 2. The van der Waals surface area contributed by atoms with Gasteiger partial charge in [-0.25, -0.2) is 4.98 Å². The Bertz CT molecular complexity index is 767. The van der Waals surface area contributed by atoms with Crippen LogP contribution in [0.1, 0.15) is 15.9 Å². The minimum absolute atomic E-state index is 0.107. The number of fused-ring (bicyclic) bond motifs is 1. The van der Waals surface area contributed by atoms with E-state index in [0.717, 1.165) is 10.2 Å². The molecule has 4 nitrogen and oxygen atoms in total. The molecule has 20 heavy (non-hydrogen) atoms. The number of amides is 1. The van der Waals surface area contributed by atoms with Crippen molar-refractivity contribution in [3.63, 3.8) is 0 Å². The largest absolute Gasteiger partial charge is 0.392 e. The number of aliphatic hydroxyl groups excluding tert-OH is 1. The molecule has 3 rings (SSSR count). The zero-order valence-electron chi connectivity index (χ0n) is 10.5. The molecule has 0 atom stereocenters. The maximum Gasteiger partial charge on any atom is 0.255 e. The smallest absolute Gasteiger partial charge is 0.255 e. The van der Waals surface area contributed by atoms with Gasteiger partial charge in [-0.05, 0) is 24.3 Å². The van der Waals surface area contributed by atoms with Crippen molar-refractivity contribution in [1.29, 1.82) is 0 Å². The highest BCUT2D eigenvalue weighted by atomic mass is 32.1. The molecule has 0 saturated heterocycles. The number of nitrogens with one attached hydrogen (secondary N) is 1. The number of para-hydroxylation sites is 1. The van der Waals surface area contributed by atoms with Crippen LogP contribution in [0.25, 0.3) is 10.2 Å². The number of hydrogen-bond acceptors (Lipinski definition) is 4. The van der Waals surface area contributed by atoms with Crippen molar-refractivity contribution in [3.8, 4) is 0 Å². The van der Waals surface area contributed by atoms with Crippen LogP contribution in [0.15, 0.2) is 48.0 Å². The first-order chi connectivity index (χ1) is 9.78. The van der Waals surface area contributed by atoms with Gasteiger partial charge in [-0.2, -0.15) is 0 Å². The number of thiazole rings is 1. The molecule has 0 bridgehead atoms. The third-order valence-electron chi connectivity index (χ3n) is 3.03. The summed E-state index contributed by atoms with van der Waals surface area (Å²) in [7, 11) is 0. The molecule has 2 N–H and O–H groups in total. The van der Waals surface area contributed by atoms with Crippen LogP contribution in [0.5, 0.6) is 0 Å². The molecule has 0 aliphatic heterocycles. The molecular weight excluding hydrogens is 272 g/mol. The van der Waals surface area contributed by atoms with Gasteiger partial charge >= 0.3 is 0 Å². The summed E-state index contributed by atoms with van der Waals surface area (Å²) >= 11 is 1.50. The molecule has 0 aliphatic carbocycles. The molecule has 2 aromatic carbocycles. The Morgan fingerprint density at radius 1 is 1.25 bits per heavy atom. The summed E-state index contributed by atoms with van der Waals surface area (Å²) < 4.78 is 0.980. The second-order valence-corrected chi connectivity index (χ2v) is 5.19. The van der Waals surface area contributed by atoms with E-state index in [1.807, 2.05) is 24.3 Å². The molecule has 3 aromatic rings. The number of nitrogens with zero attached hydrogens (tertiary/aromatic N) is 1. The van der Waals surface area contributed by atoms with Crippen LogP contribution in [0.3, 0.4) is 0 Å². The molecule has 0 saturated carbocycles. The number of aromatic nitrogens is 1. The second kappa shape index (κ2) is 5.40. The average Bonchev–Trinajstić information content (AvgIpc) is 2.95. The fraction of sp³-hybridized carbons (Fsp3) is 0.0667. The van der Waals surface area contributed by atoms with Gasteiger partial charge < -0.3 is 10.4 Å². The van der Waals surface area contributed by atoms with Gasteiger partial charge in [-0.3, -0.25) is 4.79 Å². The van der Waals surface area contributed by atoms with Crippen LogP contribution >= 0.6 is 11.3 Å². The summed E-state index contributed by atoms with van der Waals surface area (Å²) in [5, 5.41) is 12.1. The Hall–Kier alpha value is -2.24. The van der Waals surface area contributed by atoms with Crippen molar-refractivity contribution in [2.24, 2.45) is 0 Å². The van der Waals surface area contributed by atoms with E-state index in [2.05, 4.69) is 10.3 Å². The van der Waals surface area contributed by atoms with Gasteiger partial charge in [0.1, 0.15) is 0 Å². The normalized spacial score (nSPS) is 10.7. The fourth-order valence-electron chi connectivity index (χ4n) is 1.97. The molecule has 0 aliphatic rings. The average molecular weight is 284 g/mol. The van der Waals surface area contributed by atoms with E-state index < -0.39 is 0 Å². The summed E-state index contributed by atoms with van der Waals surface area (Å²) in [5.74, 6) is -0.193. The van der Waals surface area contributed by atoms with Crippen LogP contribution in [-0.2, 0) is 6.61 Å². The topological polar surface area (TPSA) is 62.2 Å². The first-order valence-corrected chi connectivity index (χ1v) is 6.99. The van der Waals surface area contributed by atoms with Gasteiger partial charge in [0.2, 0.25) is 0 Å². The van der Waals surface area contributed by atoms with E-state index in [1.54, 1.807) is 23.7 Å². The Balaban J connectivity index is 1.88. The van der Waals surface area contributed by atoms with E-state index >= 15 is 0 Å². The Labute approximate surface area is 119 Å². The Morgan fingerprint density at radius 3 is 2.95 bits per heavy atom. The number of carbonyl (C=O) groups excluding carboxylic acids is 1. The third kappa shape index (κ3) is 2.41. The lowest BCUT2D eigenvalue weighted by atomic mass is 10.1. The van der Waals surface area contributed by atoms with Gasteiger partial charge in [0, 0.05) is 16.8 Å². The van der Waals surface area contributed by atoms with Crippen molar-refractivity contribution in [1.82, 2.24) is 4.98 Å². The molecule has 100 valence electrons.